The van der Waals surface area contributed by atoms with E-state index in [1.807, 2.05) is 60.7 Å². The first-order valence-corrected chi connectivity index (χ1v) is 8.30. The molecular weight excluding hydrogens is 314 g/mol. The Hall–Kier alpha value is -2.72. The molecule has 0 aliphatic rings. The Kier molecular flexibility index (Phi) is 7.11. The van der Waals surface area contributed by atoms with Crippen LogP contribution in [0.5, 0.6) is 0 Å². The van der Waals surface area contributed by atoms with Crippen LogP contribution >= 0.6 is 0 Å². The lowest BCUT2D eigenvalue weighted by Crippen LogP contribution is -2.32. The van der Waals surface area contributed by atoms with Crippen molar-refractivity contribution in [2.45, 2.75) is 13.0 Å². The van der Waals surface area contributed by atoms with Gasteiger partial charge in [0.25, 0.3) is 0 Å². The lowest BCUT2D eigenvalue weighted by molar-refractivity contribution is -0.145. The molecule has 4 heteroatoms. The van der Waals surface area contributed by atoms with E-state index in [1.54, 1.807) is 13.0 Å². The average Bonchev–Trinajstić information content (AvgIpc) is 2.66. The third-order valence-corrected chi connectivity index (χ3v) is 3.81. The van der Waals surface area contributed by atoms with Gasteiger partial charge in [-0.05, 0) is 6.92 Å². The summed E-state index contributed by atoms with van der Waals surface area (Å²) in [5.41, 5.74) is 2.46. The lowest BCUT2D eigenvalue weighted by atomic mass is 9.98. The third kappa shape index (κ3) is 4.88. The quantitative estimate of drug-likeness (QED) is 0.457. The molecule has 25 heavy (non-hydrogen) atoms. The normalized spacial score (nSPS) is 12.7. The number of nitrogens with zero attached hydrogens (tertiary/aromatic N) is 1. The van der Waals surface area contributed by atoms with E-state index in [2.05, 4.69) is 11.6 Å². The van der Waals surface area contributed by atoms with Gasteiger partial charge >= 0.3 is 5.97 Å². The van der Waals surface area contributed by atoms with Crippen LogP contribution in [0.4, 0.5) is 0 Å². The molecule has 0 saturated heterocycles. The molecule has 0 fully saturated rings. The van der Waals surface area contributed by atoms with E-state index in [1.165, 1.54) is 0 Å². The summed E-state index contributed by atoms with van der Waals surface area (Å²) in [7, 11) is 0. The van der Waals surface area contributed by atoms with Crippen LogP contribution in [-0.4, -0.2) is 36.0 Å². The Morgan fingerprint density at radius 2 is 1.64 bits per heavy atom. The number of aliphatic imine (C=N–C) groups is 1. The van der Waals surface area contributed by atoms with Crippen molar-refractivity contribution in [3.05, 3.63) is 84.4 Å². The first-order chi connectivity index (χ1) is 12.2. The number of aliphatic hydroxyl groups is 1. The number of benzene rings is 2. The van der Waals surface area contributed by atoms with Crippen molar-refractivity contribution in [2.75, 3.05) is 13.2 Å². The van der Waals surface area contributed by atoms with Crippen LogP contribution in [0.3, 0.4) is 0 Å². The third-order valence-electron chi connectivity index (χ3n) is 3.81. The van der Waals surface area contributed by atoms with E-state index < -0.39 is 17.9 Å². The number of hydrogen-bond acceptors (Lipinski definition) is 4. The van der Waals surface area contributed by atoms with Gasteiger partial charge in [-0.3, -0.25) is 4.99 Å². The van der Waals surface area contributed by atoms with Crippen LogP contribution in [0, 0.1) is 5.92 Å². The fraction of sp³-hybridized carbons (Fsp3) is 0.238. The highest BCUT2D eigenvalue weighted by molar-refractivity contribution is 6.13. The Labute approximate surface area is 148 Å². The second-order valence-corrected chi connectivity index (χ2v) is 5.49. The van der Waals surface area contributed by atoms with Crippen LogP contribution in [0.25, 0.3) is 0 Å². The summed E-state index contributed by atoms with van der Waals surface area (Å²) in [5, 5.41) is 9.62. The summed E-state index contributed by atoms with van der Waals surface area (Å²) in [4.78, 5) is 17.1. The van der Waals surface area contributed by atoms with E-state index in [4.69, 9.17) is 4.74 Å². The fourth-order valence-electron chi connectivity index (χ4n) is 2.50. The number of hydrogen-bond donors (Lipinski definition) is 1. The van der Waals surface area contributed by atoms with Crippen LogP contribution in [0.15, 0.2) is 78.3 Å². The van der Waals surface area contributed by atoms with E-state index in [9.17, 15) is 9.90 Å². The highest BCUT2D eigenvalue weighted by Gasteiger charge is 2.27. The predicted molar refractivity (Wildman–Crippen MR) is 99.7 cm³/mol. The maximum absolute atomic E-state index is 12.4. The average molecular weight is 337 g/mol. The number of aliphatic hydroxyl groups excluding tert-OH is 1. The topological polar surface area (TPSA) is 58.9 Å². The van der Waals surface area contributed by atoms with Gasteiger partial charge in [0, 0.05) is 17.0 Å². The predicted octanol–water partition coefficient (Wildman–Crippen LogP) is 3.25. The van der Waals surface area contributed by atoms with Gasteiger partial charge in [0.05, 0.1) is 18.9 Å². The van der Waals surface area contributed by atoms with Gasteiger partial charge in [-0.25, -0.2) is 4.79 Å². The molecule has 2 rings (SSSR count). The molecule has 0 radical (unpaired) electrons. The molecule has 0 amide bonds. The molecule has 0 heterocycles. The highest BCUT2D eigenvalue weighted by atomic mass is 16.5. The minimum Gasteiger partial charge on any atom is -0.464 e. The summed E-state index contributed by atoms with van der Waals surface area (Å²) in [6, 6.07) is 18.4. The molecule has 130 valence electrons. The molecule has 2 unspecified atom stereocenters. The van der Waals surface area contributed by atoms with Gasteiger partial charge < -0.3 is 9.84 Å². The number of carbonyl (C=O) groups excluding carboxylic acids is 1. The molecule has 1 N–H and O–H groups in total. The Balaban J connectivity index is 2.55. The summed E-state index contributed by atoms with van der Waals surface area (Å²) < 4.78 is 5.16. The van der Waals surface area contributed by atoms with Gasteiger partial charge in [0.1, 0.15) is 0 Å². The summed E-state index contributed by atoms with van der Waals surface area (Å²) in [6.07, 6.45) is 1.54. The van der Waals surface area contributed by atoms with Crippen molar-refractivity contribution in [1.29, 1.82) is 0 Å². The molecule has 0 spiro atoms. The van der Waals surface area contributed by atoms with Crippen LogP contribution in [-0.2, 0) is 9.53 Å². The first-order valence-electron chi connectivity index (χ1n) is 8.30. The summed E-state index contributed by atoms with van der Waals surface area (Å²) in [6.45, 7) is 5.48. The molecule has 2 aromatic carbocycles. The van der Waals surface area contributed by atoms with Gasteiger partial charge in [-0.2, -0.15) is 0 Å². The van der Waals surface area contributed by atoms with Crippen molar-refractivity contribution >= 4 is 11.7 Å². The Morgan fingerprint density at radius 3 is 2.04 bits per heavy atom. The van der Waals surface area contributed by atoms with Crippen molar-refractivity contribution < 1.29 is 14.6 Å². The molecule has 0 aliphatic heterocycles. The van der Waals surface area contributed by atoms with Crippen molar-refractivity contribution in [1.82, 2.24) is 0 Å². The van der Waals surface area contributed by atoms with E-state index in [0.29, 0.717) is 5.71 Å². The minimum absolute atomic E-state index is 0.229. The van der Waals surface area contributed by atoms with Crippen molar-refractivity contribution in [3.8, 4) is 0 Å². The summed E-state index contributed by atoms with van der Waals surface area (Å²) in [5.74, 6) is -0.979. The lowest BCUT2D eigenvalue weighted by Gasteiger charge is -2.19. The molecular formula is C21H23NO3. The molecule has 4 nitrogen and oxygen atoms in total. The largest absolute Gasteiger partial charge is 0.464 e. The molecule has 0 bridgehead atoms. The number of ether oxygens (including phenoxy) is 1. The Morgan fingerprint density at radius 1 is 1.12 bits per heavy atom. The second-order valence-electron chi connectivity index (χ2n) is 5.49. The van der Waals surface area contributed by atoms with E-state index in [-0.39, 0.29) is 13.2 Å². The van der Waals surface area contributed by atoms with Gasteiger partial charge in [-0.15, -0.1) is 6.58 Å². The maximum Gasteiger partial charge on any atom is 0.331 e. The molecule has 0 saturated carbocycles. The van der Waals surface area contributed by atoms with Crippen LogP contribution in [0.2, 0.25) is 0 Å². The SMILES string of the molecule is C=CC(CO)C(N=C(c1ccccc1)c1ccccc1)C(=O)OCC. The smallest absolute Gasteiger partial charge is 0.331 e. The maximum atomic E-state index is 12.4. The first kappa shape index (κ1) is 18.6. The molecule has 2 atom stereocenters. The zero-order valence-electron chi connectivity index (χ0n) is 14.3. The van der Waals surface area contributed by atoms with E-state index >= 15 is 0 Å². The second kappa shape index (κ2) is 9.55. The summed E-state index contributed by atoms with van der Waals surface area (Å²) >= 11 is 0. The number of rotatable bonds is 8. The van der Waals surface area contributed by atoms with E-state index in [0.717, 1.165) is 11.1 Å². The highest BCUT2D eigenvalue weighted by Crippen LogP contribution is 2.17. The monoisotopic (exact) mass is 337 g/mol. The minimum atomic E-state index is -0.849. The number of carbonyl (C=O) groups is 1. The standard InChI is InChI=1S/C21H23NO3/c1-3-16(15-23)20(21(24)25-4-2)22-19(17-11-7-5-8-12-17)18-13-9-6-10-14-18/h3,5-14,16,20,23H,1,4,15H2,2H3. The molecule has 2 aromatic rings. The molecule has 0 aliphatic carbocycles. The zero-order chi connectivity index (χ0) is 18.1. The zero-order valence-corrected chi connectivity index (χ0v) is 14.3. The van der Waals surface area contributed by atoms with Crippen molar-refractivity contribution in [2.24, 2.45) is 10.9 Å². The van der Waals surface area contributed by atoms with Gasteiger partial charge in [-0.1, -0.05) is 66.7 Å². The van der Waals surface area contributed by atoms with Crippen LogP contribution < -0.4 is 0 Å². The molecule has 0 aromatic heterocycles. The fourth-order valence-corrected chi connectivity index (χ4v) is 2.50. The van der Waals surface area contributed by atoms with Crippen LogP contribution in [0.1, 0.15) is 18.1 Å². The number of esters is 1. The van der Waals surface area contributed by atoms with Crippen molar-refractivity contribution in [3.63, 3.8) is 0 Å². The Bertz CT molecular complexity index is 669. The van der Waals surface area contributed by atoms with Gasteiger partial charge in [0.2, 0.25) is 0 Å². The van der Waals surface area contributed by atoms with Gasteiger partial charge in [0.15, 0.2) is 6.04 Å².